The highest BCUT2D eigenvalue weighted by atomic mass is 15.2. The van der Waals surface area contributed by atoms with Crippen LogP contribution < -0.4 is 11.3 Å². The van der Waals surface area contributed by atoms with Gasteiger partial charge in [-0.05, 0) is 24.7 Å². The average molecular weight is 184 g/mol. The van der Waals surface area contributed by atoms with Crippen molar-refractivity contribution in [2.75, 3.05) is 0 Å². The maximum atomic E-state index is 5.56. The summed E-state index contributed by atoms with van der Waals surface area (Å²) in [5.41, 5.74) is 3.51. The number of hydrogen-bond acceptors (Lipinski definition) is 2. The fourth-order valence-corrected chi connectivity index (χ4v) is 1.95. The Morgan fingerprint density at radius 2 is 2.00 bits per heavy atom. The van der Waals surface area contributed by atoms with E-state index in [1.807, 2.05) is 0 Å². The highest BCUT2D eigenvalue weighted by Crippen LogP contribution is 2.49. The monoisotopic (exact) mass is 184 g/mol. The molecule has 0 aromatic carbocycles. The lowest BCUT2D eigenvalue weighted by Crippen LogP contribution is -2.40. The Morgan fingerprint density at radius 3 is 2.46 bits per heavy atom. The number of hydrogen-bond donors (Lipinski definition) is 2. The van der Waals surface area contributed by atoms with E-state index >= 15 is 0 Å². The second-order valence-corrected chi connectivity index (χ2v) is 4.72. The molecule has 0 bridgehead atoms. The molecule has 0 aliphatic heterocycles. The van der Waals surface area contributed by atoms with E-state index < -0.39 is 0 Å². The summed E-state index contributed by atoms with van der Waals surface area (Å²) in [6.07, 6.45) is 9.35. The molecule has 78 valence electrons. The highest BCUT2D eigenvalue weighted by molar-refractivity contribution is 4.97. The fraction of sp³-hybridized carbons (Fsp3) is 1.00. The van der Waals surface area contributed by atoms with E-state index in [4.69, 9.17) is 5.84 Å². The Hall–Kier alpha value is -0.0800. The molecule has 0 spiro atoms. The van der Waals surface area contributed by atoms with Gasteiger partial charge in [0, 0.05) is 6.04 Å². The molecule has 1 unspecified atom stereocenters. The first-order valence-electron chi connectivity index (χ1n) is 5.69. The molecule has 1 rings (SSSR count). The molecule has 1 aliphatic carbocycles. The zero-order chi connectivity index (χ0) is 9.73. The van der Waals surface area contributed by atoms with Crippen LogP contribution in [-0.4, -0.2) is 6.04 Å². The van der Waals surface area contributed by atoms with Crippen molar-refractivity contribution >= 4 is 0 Å². The second-order valence-electron chi connectivity index (χ2n) is 4.72. The first-order valence-corrected chi connectivity index (χ1v) is 5.69. The molecule has 0 saturated heterocycles. The second kappa shape index (κ2) is 4.97. The van der Waals surface area contributed by atoms with E-state index in [0.29, 0.717) is 11.5 Å². The van der Waals surface area contributed by atoms with Crippen LogP contribution in [0.3, 0.4) is 0 Å². The van der Waals surface area contributed by atoms with Crippen LogP contribution >= 0.6 is 0 Å². The molecule has 2 heteroatoms. The number of nitrogens with one attached hydrogen (secondary N) is 1. The quantitative estimate of drug-likeness (QED) is 0.362. The standard InChI is InChI=1S/C11H24N2/c1-3-4-5-6-7-10(13-12)11(2)8-9-11/h10,13H,3-9,12H2,1-2H3. The van der Waals surface area contributed by atoms with Gasteiger partial charge in [-0.1, -0.05) is 39.5 Å². The van der Waals surface area contributed by atoms with Crippen LogP contribution in [0, 0.1) is 5.41 Å². The lowest BCUT2D eigenvalue weighted by molar-refractivity contribution is 0.331. The summed E-state index contributed by atoms with van der Waals surface area (Å²) in [6.45, 7) is 4.60. The number of nitrogens with two attached hydrogens (primary N) is 1. The summed E-state index contributed by atoms with van der Waals surface area (Å²) in [5, 5.41) is 0. The van der Waals surface area contributed by atoms with Gasteiger partial charge in [0.1, 0.15) is 0 Å². The maximum absolute atomic E-state index is 5.56. The van der Waals surface area contributed by atoms with Gasteiger partial charge < -0.3 is 0 Å². The summed E-state index contributed by atoms with van der Waals surface area (Å²) in [4.78, 5) is 0. The van der Waals surface area contributed by atoms with Crippen molar-refractivity contribution < 1.29 is 0 Å². The Balaban J connectivity index is 2.10. The summed E-state index contributed by atoms with van der Waals surface area (Å²) < 4.78 is 0. The van der Waals surface area contributed by atoms with Crippen molar-refractivity contribution in [3.05, 3.63) is 0 Å². The van der Waals surface area contributed by atoms with Crippen molar-refractivity contribution in [2.45, 2.75) is 64.8 Å². The Morgan fingerprint density at radius 1 is 1.31 bits per heavy atom. The van der Waals surface area contributed by atoms with Crippen LogP contribution in [0.25, 0.3) is 0 Å². The summed E-state index contributed by atoms with van der Waals surface area (Å²) >= 11 is 0. The molecule has 2 nitrogen and oxygen atoms in total. The zero-order valence-electron chi connectivity index (χ0n) is 9.10. The Kier molecular flexibility index (Phi) is 4.20. The van der Waals surface area contributed by atoms with E-state index in [1.165, 1.54) is 44.9 Å². The van der Waals surface area contributed by atoms with Crippen molar-refractivity contribution in [1.82, 2.24) is 5.43 Å². The first kappa shape index (κ1) is 11.0. The topological polar surface area (TPSA) is 38.0 Å². The van der Waals surface area contributed by atoms with Crippen LogP contribution in [0.5, 0.6) is 0 Å². The number of rotatable bonds is 7. The molecular weight excluding hydrogens is 160 g/mol. The molecule has 0 aromatic rings. The van der Waals surface area contributed by atoms with Crippen LogP contribution in [0.2, 0.25) is 0 Å². The molecule has 13 heavy (non-hydrogen) atoms. The SMILES string of the molecule is CCCCCCC(NN)C1(C)CC1. The fourth-order valence-electron chi connectivity index (χ4n) is 1.95. The molecule has 1 fully saturated rings. The van der Waals surface area contributed by atoms with Gasteiger partial charge in [-0.3, -0.25) is 11.3 Å². The van der Waals surface area contributed by atoms with E-state index in [9.17, 15) is 0 Å². The van der Waals surface area contributed by atoms with Crippen molar-refractivity contribution in [1.29, 1.82) is 0 Å². The Bertz CT molecular complexity index is 141. The van der Waals surface area contributed by atoms with E-state index in [-0.39, 0.29) is 0 Å². The van der Waals surface area contributed by atoms with E-state index in [1.54, 1.807) is 0 Å². The molecule has 1 aliphatic rings. The molecular formula is C11H24N2. The number of unbranched alkanes of at least 4 members (excludes halogenated alkanes) is 3. The molecule has 0 amide bonds. The first-order chi connectivity index (χ1) is 6.23. The van der Waals surface area contributed by atoms with Gasteiger partial charge in [0.15, 0.2) is 0 Å². The minimum atomic E-state index is 0.529. The predicted octanol–water partition coefficient (Wildman–Crippen LogP) is 2.59. The lowest BCUT2D eigenvalue weighted by atomic mass is 9.94. The molecule has 1 atom stereocenters. The van der Waals surface area contributed by atoms with Crippen LogP contribution in [0.4, 0.5) is 0 Å². The molecule has 3 N–H and O–H groups in total. The van der Waals surface area contributed by atoms with Crippen molar-refractivity contribution in [3.8, 4) is 0 Å². The van der Waals surface area contributed by atoms with Crippen LogP contribution in [0.1, 0.15) is 58.8 Å². The lowest BCUT2D eigenvalue weighted by Gasteiger charge is -2.22. The van der Waals surface area contributed by atoms with Gasteiger partial charge in [-0.2, -0.15) is 0 Å². The largest absolute Gasteiger partial charge is 0.271 e. The minimum Gasteiger partial charge on any atom is -0.271 e. The third-order valence-corrected chi connectivity index (χ3v) is 3.43. The smallest absolute Gasteiger partial charge is 0.0264 e. The maximum Gasteiger partial charge on any atom is 0.0264 e. The summed E-state index contributed by atoms with van der Waals surface area (Å²) in [5.74, 6) is 5.56. The van der Waals surface area contributed by atoms with Crippen molar-refractivity contribution in [3.63, 3.8) is 0 Å². The van der Waals surface area contributed by atoms with Gasteiger partial charge in [-0.25, -0.2) is 0 Å². The van der Waals surface area contributed by atoms with Gasteiger partial charge in [0.05, 0.1) is 0 Å². The molecule has 0 heterocycles. The van der Waals surface area contributed by atoms with E-state index in [0.717, 1.165) is 0 Å². The molecule has 1 saturated carbocycles. The average Bonchev–Trinajstić information content (AvgIpc) is 2.85. The molecule has 0 aromatic heterocycles. The van der Waals surface area contributed by atoms with Crippen LogP contribution in [-0.2, 0) is 0 Å². The third kappa shape index (κ3) is 3.28. The zero-order valence-corrected chi connectivity index (χ0v) is 9.10. The Labute approximate surface area is 82.2 Å². The predicted molar refractivity (Wildman–Crippen MR) is 57.2 cm³/mol. The normalized spacial score (nSPS) is 21.5. The van der Waals surface area contributed by atoms with Gasteiger partial charge in [0.2, 0.25) is 0 Å². The summed E-state index contributed by atoms with van der Waals surface area (Å²) in [7, 11) is 0. The summed E-state index contributed by atoms with van der Waals surface area (Å²) in [6, 6.07) is 0.560. The highest BCUT2D eigenvalue weighted by Gasteiger charge is 2.43. The van der Waals surface area contributed by atoms with E-state index in [2.05, 4.69) is 19.3 Å². The van der Waals surface area contributed by atoms with Crippen LogP contribution in [0.15, 0.2) is 0 Å². The van der Waals surface area contributed by atoms with Crippen molar-refractivity contribution in [2.24, 2.45) is 11.3 Å². The van der Waals surface area contributed by atoms with Gasteiger partial charge in [-0.15, -0.1) is 0 Å². The van der Waals surface area contributed by atoms with Gasteiger partial charge in [0.25, 0.3) is 0 Å². The van der Waals surface area contributed by atoms with Gasteiger partial charge >= 0.3 is 0 Å². The minimum absolute atomic E-state index is 0.529. The number of hydrazine groups is 1. The molecule has 0 radical (unpaired) electrons. The third-order valence-electron chi connectivity index (χ3n) is 3.43.